The highest BCUT2D eigenvalue weighted by Crippen LogP contribution is 2.80. The monoisotopic (exact) mass is 410 g/mol. The van der Waals surface area contributed by atoms with Gasteiger partial charge >= 0.3 is 0 Å². The third-order valence-electron chi connectivity index (χ3n) is 13.3. The molecule has 0 aromatic heterocycles. The largest absolute Gasteiger partial charge is 0.0847 e. The molecule has 0 heterocycles. The lowest BCUT2D eigenvalue weighted by Gasteiger charge is -2.68. The molecule has 30 heavy (non-hydrogen) atoms. The van der Waals surface area contributed by atoms with E-state index in [4.69, 9.17) is 0 Å². The van der Waals surface area contributed by atoms with Gasteiger partial charge in [0.25, 0.3) is 0 Å². The van der Waals surface area contributed by atoms with E-state index in [1.807, 2.05) is 0 Å². The van der Waals surface area contributed by atoms with Crippen molar-refractivity contribution in [3.63, 3.8) is 0 Å². The first-order chi connectivity index (χ1) is 13.9. The molecule has 0 bridgehead atoms. The van der Waals surface area contributed by atoms with E-state index in [9.17, 15) is 0 Å². The van der Waals surface area contributed by atoms with Crippen molar-refractivity contribution in [3.05, 3.63) is 11.6 Å². The van der Waals surface area contributed by atoms with Gasteiger partial charge in [0.05, 0.1) is 0 Å². The summed E-state index contributed by atoms with van der Waals surface area (Å²) in [6.45, 7) is 21.1. The summed E-state index contributed by atoms with van der Waals surface area (Å²) in [7, 11) is 0. The fraction of sp³-hybridized carbons (Fsp3) is 0.933. The van der Waals surface area contributed by atoms with Crippen molar-refractivity contribution < 1.29 is 0 Å². The molecule has 1 spiro atoms. The van der Waals surface area contributed by atoms with Crippen LogP contribution in [0.2, 0.25) is 0 Å². The van der Waals surface area contributed by atoms with Crippen molar-refractivity contribution in [2.45, 2.75) is 120 Å². The molecule has 0 saturated heterocycles. The maximum atomic E-state index is 2.79. The Morgan fingerprint density at radius 1 is 0.833 bits per heavy atom. The van der Waals surface area contributed by atoms with Crippen LogP contribution >= 0.6 is 0 Å². The summed E-state index contributed by atoms with van der Waals surface area (Å²) >= 11 is 0. The van der Waals surface area contributed by atoms with Crippen LogP contribution in [0, 0.1) is 56.7 Å². The molecule has 0 aliphatic heterocycles. The molecule has 4 fully saturated rings. The maximum absolute atomic E-state index is 2.79. The summed E-state index contributed by atoms with van der Waals surface area (Å²) in [5.74, 6) is 4.59. The summed E-state index contributed by atoms with van der Waals surface area (Å²) in [6, 6.07) is 0. The van der Waals surface area contributed by atoms with Crippen LogP contribution in [0.15, 0.2) is 11.6 Å². The van der Waals surface area contributed by atoms with Gasteiger partial charge in [0.15, 0.2) is 0 Å². The Kier molecular flexibility index (Phi) is 4.61. The van der Waals surface area contributed by atoms with E-state index in [0.29, 0.717) is 27.1 Å². The average Bonchev–Trinajstić information content (AvgIpc) is 3.12. The molecule has 1 unspecified atom stereocenters. The number of allylic oxidation sites excluding steroid dienone is 2. The number of hydrogen-bond acceptors (Lipinski definition) is 0. The normalized spacial score (nSPS) is 54.6. The molecular weight excluding hydrogens is 360 g/mol. The van der Waals surface area contributed by atoms with Crippen LogP contribution in [-0.4, -0.2) is 0 Å². The zero-order valence-electron chi connectivity index (χ0n) is 21.5. The van der Waals surface area contributed by atoms with Crippen molar-refractivity contribution in [2.75, 3.05) is 0 Å². The van der Waals surface area contributed by atoms with Crippen molar-refractivity contribution >= 4 is 0 Å². The Bertz CT molecular complexity index is 741. The summed E-state index contributed by atoms with van der Waals surface area (Å²) < 4.78 is 0. The smallest absolute Gasteiger partial charge is 0.000199 e. The Labute approximate surface area is 188 Å². The average molecular weight is 411 g/mol. The van der Waals surface area contributed by atoms with Gasteiger partial charge in [-0.3, -0.25) is 0 Å². The van der Waals surface area contributed by atoms with Gasteiger partial charge in [-0.1, -0.05) is 66.5 Å². The van der Waals surface area contributed by atoms with Crippen molar-refractivity contribution in [1.29, 1.82) is 0 Å². The lowest BCUT2D eigenvalue weighted by Crippen LogP contribution is -2.61. The third-order valence-corrected chi connectivity index (χ3v) is 13.3. The second-order valence-corrected chi connectivity index (χ2v) is 14.4. The lowest BCUT2D eigenvalue weighted by molar-refractivity contribution is -0.189. The summed E-state index contributed by atoms with van der Waals surface area (Å²) in [4.78, 5) is 0. The standard InChI is InChI=1S/C30H50/c1-20(2)22-11-10-21(3)30(22)19-18-28(7)24-12-13-25-26(4,5)15-9-16-27(25,6)23(24)14-17-29(28,30)8/h10,20,22-25H,9,11-19H2,1-8H3/t22-,23-,24+,25?,27+,28+,29+,30-/m0/s1. The Hall–Kier alpha value is -0.260. The van der Waals surface area contributed by atoms with Crippen LogP contribution in [0.4, 0.5) is 0 Å². The van der Waals surface area contributed by atoms with E-state index in [1.165, 1.54) is 64.2 Å². The van der Waals surface area contributed by atoms with Gasteiger partial charge in [0.2, 0.25) is 0 Å². The second-order valence-electron chi connectivity index (χ2n) is 14.4. The first-order valence-corrected chi connectivity index (χ1v) is 13.6. The van der Waals surface area contributed by atoms with Crippen LogP contribution in [0.3, 0.4) is 0 Å². The van der Waals surface area contributed by atoms with Crippen LogP contribution < -0.4 is 0 Å². The fourth-order valence-corrected chi connectivity index (χ4v) is 11.7. The van der Waals surface area contributed by atoms with Crippen molar-refractivity contribution in [2.24, 2.45) is 56.7 Å². The lowest BCUT2D eigenvalue weighted by atomic mass is 9.36. The molecule has 5 rings (SSSR count). The summed E-state index contributed by atoms with van der Waals surface area (Å²) in [5, 5.41) is 0. The van der Waals surface area contributed by atoms with Crippen LogP contribution in [0.1, 0.15) is 120 Å². The van der Waals surface area contributed by atoms with Gasteiger partial charge in [0.1, 0.15) is 0 Å². The molecule has 5 aliphatic carbocycles. The Morgan fingerprint density at radius 2 is 1.57 bits per heavy atom. The minimum absolute atomic E-state index is 0.491. The van der Waals surface area contributed by atoms with Crippen LogP contribution in [-0.2, 0) is 0 Å². The quantitative estimate of drug-likeness (QED) is 0.378. The highest BCUT2D eigenvalue weighted by Gasteiger charge is 2.72. The van der Waals surface area contributed by atoms with Gasteiger partial charge in [-0.25, -0.2) is 0 Å². The van der Waals surface area contributed by atoms with Gasteiger partial charge in [0, 0.05) is 5.41 Å². The van der Waals surface area contributed by atoms with E-state index in [-0.39, 0.29) is 0 Å². The highest BCUT2D eigenvalue weighted by atomic mass is 14.8. The molecule has 0 aromatic carbocycles. The van der Waals surface area contributed by atoms with E-state index >= 15 is 0 Å². The van der Waals surface area contributed by atoms with E-state index < -0.39 is 0 Å². The van der Waals surface area contributed by atoms with Crippen LogP contribution in [0.25, 0.3) is 0 Å². The SMILES string of the molecule is CC1=CC[C@@H](C(C)C)[C@]12CC[C@]1(C)[C@@H]3CCC4C(C)(C)CCC[C@]4(C)[C@H]3CC[C@@]21C. The molecule has 0 amide bonds. The van der Waals surface area contributed by atoms with Crippen LogP contribution in [0.5, 0.6) is 0 Å². The van der Waals surface area contributed by atoms with Gasteiger partial charge in [-0.05, 0) is 116 Å². The molecule has 0 N–H and O–H groups in total. The van der Waals surface area contributed by atoms with E-state index in [0.717, 1.165) is 29.6 Å². The molecule has 5 aliphatic rings. The van der Waals surface area contributed by atoms with E-state index in [1.54, 1.807) is 5.57 Å². The number of hydrogen-bond donors (Lipinski definition) is 0. The fourth-order valence-electron chi connectivity index (χ4n) is 11.7. The minimum Gasteiger partial charge on any atom is -0.0847 e. The molecular formula is C30H50. The maximum Gasteiger partial charge on any atom is 0.000199 e. The number of rotatable bonds is 1. The van der Waals surface area contributed by atoms with Gasteiger partial charge < -0.3 is 0 Å². The van der Waals surface area contributed by atoms with Gasteiger partial charge in [-0.15, -0.1) is 0 Å². The van der Waals surface area contributed by atoms with E-state index in [2.05, 4.69) is 61.5 Å². The predicted molar refractivity (Wildman–Crippen MR) is 129 cm³/mol. The molecule has 0 nitrogen and oxygen atoms in total. The Balaban J connectivity index is 1.56. The number of fused-ring (bicyclic) bond motifs is 6. The van der Waals surface area contributed by atoms with Crippen molar-refractivity contribution in [1.82, 2.24) is 0 Å². The minimum atomic E-state index is 0.491. The van der Waals surface area contributed by atoms with Gasteiger partial charge in [-0.2, -0.15) is 0 Å². The van der Waals surface area contributed by atoms with Crippen molar-refractivity contribution in [3.8, 4) is 0 Å². The molecule has 0 radical (unpaired) electrons. The molecule has 170 valence electrons. The summed E-state index contributed by atoms with van der Waals surface area (Å²) in [6.07, 6.45) is 17.4. The zero-order valence-corrected chi connectivity index (χ0v) is 21.5. The predicted octanol–water partition coefficient (Wildman–Crippen LogP) is 9.05. The Morgan fingerprint density at radius 3 is 2.27 bits per heavy atom. The summed E-state index contributed by atoms with van der Waals surface area (Å²) in [5.41, 5.74) is 4.47. The second kappa shape index (κ2) is 6.41. The topological polar surface area (TPSA) is 0 Å². The molecule has 8 atom stereocenters. The highest BCUT2D eigenvalue weighted by molar-refractivity contribution is 5.33. The molecule has 0 aromatic rings. The molecule has 0 heteroatoms. The zero-order chi connectivity index (χ0) is 21.7. The first-order valence-electron chi connectivity index (χ1n) is 13.6. The first kappa shape index (κ1) is 21.6. The third kappa shape index (κ3) is 2.31. The molecule has 4 saturated carbocycles.